The van der Waals surface area contributed by atoms with Crippen LogP contribution in [0.5, 0.6) is 0 Å². The SMILES string of the molecule is CS(=O)(=O)[O-].CS(=O)(=O)[O-].Cc1ccccccc[sH+]1.Cc1ccccccc[sH+]1. The van der Waals surface area contributed by atoms with E-state index < -0.39 is 20.2 Å². The van der Waals surface area contributed by atoms with Gasteiger partial charge in [0.25, 0.3) is 0 Å². The van der Waals surface area contributed by atoms with Gasteiger partial charge in [-0.1, -0.05) is 48.5 Å². The zero-order valence-corrected chi connectivity index (χ0v) is 20.7. The lowest BCUT2D eigenvalue weighted by atomic mass is 10.4. The molecule has 0 N–H and O–H groups in total. The standard InChI is InChI=1S/2C9H10S.2CH4O3S/c2*1-9-7-5-3-2-4-6-8-10-9;2*1-5(2,3)4/h2*2-8H,1H3;2*1H3,(H,2,3,4). The topological polar surface area (TPSA) is 114 Å². The molecule has 2 aromatic heterocycles. The molecule has 0 unspecified atom stereocenters. The van der Waals surface area contributed by atoms with Gasteiger partial charge >= 0.3 is 0 Å². The average molecular weight is 493 g/mol. The summed E-state index contributed by atoms with van der Waals surface area (Å²) in [4.78, 5) is 2.74. The maximum atomic E-state index is 9.08. The summed E-state index contributed by atoms with van der Waals surface area (Å²) in [6.45, 7) is 4.25. The maximum Gasteiger partial charge on any atom is 0.144 e. The van der Waals surface area contributed by atoms with E-state index in [-0.39, 0.29) is 0 Å². The van der Waals surface area contributed by atoms with Crippen LogP contribution in [-0.4, -0.2) is 38.5 Å². The first kappa shape index (κ1) is 30.4. The molecule has 0 aliphatic carbocycles. The van der Waals surface area contributed by atoms with Gasteiger partial charge in [-0.3, -0.25) is 0 Å². The Bertz CT molecular complexity index is 859. The molecular formula is C20H28O6S4. The fourth-order valence-corrected chi connectivity index (χ4v) is 2.47. The molecule has 168 valence electrons. The molecule has 0 aromatic carbocycles. The first-order valence-corrected chi connectivity index (χ1v) is 13.9. The van der Waals surface area contributed by atoms with Crippen LogP contribution in [0.4, 0.5) is 0 Å². The van der Waals surface area contributed by atoms with Gasteiger partial charge in [0.15, 0.2) is 0 Å². The van der Waals surface area contributed by atoms with Crippen molar-refractivity contribution < 1.29 is 25.9 Å². The van der Waals surface area contributed by atoms with Crippen LogP contribution in [0.2, 0.25) is 0 Å². The molecular weight excluding hydrogens is 464 g/mol. The first-order chi connectivity index (χ1) is 13.8. The predicted octanol–water partition coefficient (Wildman–Crippen LogP) is 4.15. The van der Waals surface area contributed by atoms with Crippen molar-refractivity contribution in [3.63, 3.8) is 0 Å². The van der Waals surface area contributed by atoms with Gasteiger partial charge in [-0.05, 0) is 46.9 Å². The molecule has 0 radical (unpaired) electrons. The second kappa shape index (κ2) is 18.0. The van der Waals surface area contributed by atoms with E-state index in [1.54, 1.807) is 0 Å². The molecule has 0 saturated carbocycles. The third-order valence-electron chi connectivity index (χ3n) is 2.29. The average Bonchev–Trinajstić information content (AvgIpc) is 2.76. The van der Waals surface area contributed by atoms with E-state index >= 15 is 0 Å². The Morgan fingerprint density at radius 3 is 1.10 bits per heavy atom. The molecule has 6 nitrogen and oxygen atoms in total. The Morgan fingerprint density at radius 1 is 0.567 bits per heavy atom. The van der Waals surface area contributed by atoms with E-state index in [0.29, 0.717) is 12.5 Å². The molecule has 30 heavy (non-hydrogen) atoms. The first-order valence-electron chi connectivity index (χ1n) is 8.36. The summed E-state index contributed by atoms with van der Waals surface area (Å²) in [7, 11) is -7.83. The van der Waals surface area contributed by atoms with Crippen LogP contribution in [0.25, 0.3) is 0 Å². The van der Waals surface area contributed by atoms with Gasteiger partial charge in [0.05, 0.1) is 20.2 Å². The van der Waals surface area contributed by atoms with Gasteiger partial charge in [0.1, 0.15) is 20.5 Å². The molecule has 2 aromatic rings. The lowest BCUT2D eigenvalue weighted by Gasteiger charge is -1.90. The number of rotatable bonds is 0. The molecule has 0 aliphatic heterocycles. The zero-order chi connectivity index (χ0) is 23.5. The highest BCUT2D eigenvalue weighted by Crippen LogP contribution is 2.00. The van der Waals surface area contributed by atoms with Crippen molar-refractivity contribution in [3.8, 4) is 0 Å². The van der Waals surface area contributed by atoms with Gasteiger partial charge in [-0.2, -0.15) is 0 Å². The molecule has 0 bridgehead atoms. The third-order valence-corrected chi connectivity index (χ3v) is 4.05. The summed E-state index contributed by atoms with van der Waals surface area (Å²) in [5.74, 6) is 0. The number of hydrogen-bond acceptors (Lipinski definition) is 6. The Balaban J connectivity index is 0. The lowest BCUT2D eigenvalue weighted by molar-refractivity contribution is 0.468. The Morgan fingerprint density at radius 2 is 0.800 bits per heavy atom. The smallest absolute Gasteiger partial charge is 0.144 e. The van der Waals surface area contributed by atoms with E-state index in [4.69, 9.17) is 25.9 Å². The monoisotopic (exact) mass is 492 g/mol. The van der Waals surface area contributed by atoms with E-state index in [1.165, 1.54) is 32.4 Å². The molecule has 0 aliphatic rings. The summed E-state index contributed by atoms with van der Waals surface area (Å²) in [5, 5.41) is 4.27. The second-order valence-corrected chi connectivity index (χ2v) is 10.8. The van der Waals surface area contributed by atoms with Crippen LogP contribution < -0.4 is 0 Å². The summed E-state index contributed by atoms with van der Waals surface area (Å²) in [5.41, 5.74) is 0. The van der Waals surface area contributed by atoms with E-state index in [2.05, 4.69) is 61.0 Å². The van der Waals surface area contributed by atoms with Gasteiger partial charge in [0, 0.05) is 26.4 Å². The van der Waals surface area contributed by atoms with Gasteiger partial charge in [-0.15, -0.1) is 0 Å². The summed E-state index contributed by atoms with van der Waals surface area (Å²) in [6.07, 6.45) is 1.21. The summed E-state index contributed by atoms with van der Waals surface area (Å²) < 4.78 is 54.5. The largest absolute Gasteiger partial charge is 0.748 e. The molecule has 0 saturated heterocycles. The molecule has 2 heterocycles. The highest BCUT2D eigenvalue weighted by atomic mass is 32.2. The van der Waals surface area contributed by atoms with Crippen molar-refractivity contribution >= 4 is 42.9 Å². The number of aryl methyl sites for hydroxylation is 2. The highest BCUT2D eigenvalue weighted by molar-refractivity contribution is 7.85. The zero-order valence-electron chi connectivity index (χ0n) is 17.2. The van der Waals surface area contributed by atoms with Crippen LogP contribution in [0.3, 0.4) is 0 Å². The van der Waals surface area contributed by atoms with Crippen molar-refractivity contribution in [3.05, 3.63) is 93.3 Å². The van der Waals surface area contributed by atoms with Crippen LogP contribution in [0, 0.1) is 13.8 Å². The van der Waals surface area contributed by atoms with Crippen molar-refractivity contribution in [1.82, 2.24) is 0 Å². The van der Waals surface area contributed by atoms with E-state index in [9.17, 15) is 0 Å². The molecule has 0 fully saturated rings. The fraction of sp³-hybridized carbons (Fsp3) is 0.200. The van der Waals surface area contributed by atoms with Gasteiger partial charge in [-0.25, -0.2) is 16.8 Å². The third kappa shape index (κ3) is 40.8. The molecule has 0 amide bonds. The Labute approximate surface area is 188 Å². The van der Waals surface area contributed by atoms with Crippen molar-refractivity contribution in [2.75, 3.05) is 12.5 Å². The van der Waals surface area contributed by atoms with Gasteiger partial charge in [0.2, 0.25) is 0 Å². The maximum absolute atomic E-state index is 9.08. The number of hydrogen-bond donors (Lipinski definition) is 0. The summed E-state index contributed by atoms with van der Waals surface area (Å²) >= 11 is 2.58. The molecule has 10 heteroatoms. The van der Waals surface area contributed by atoms with Gasteiger partial charge < -0.3 is 9.11 Å². The highest BCUT2D eigenvalue weighted by Gasteiger charge is 1.80. The van der Waals surface area contributed by atoms with E-state index in [0.717, 1.165) is 0 Å². The van der Waals surface area contributed by atoms with Crippen LogP contribution in [0.15, 0.2) is 83.6 Å². The Kier molecular flexibility index (Phi) is 18.2. The van der Waals surface area contributed by atoms with Crippen LogP contribution >= 0.6 is 22.7 Å². The van der Waals surface area contributed by atoms with Crippen LogP contribution in [-0.2, 0) is 20.2 Å². The van der Waals surface area contributed by atoms with Crippen molar-refractivity contribution in [2.24, 2.45) is 0 Å². The van der Waals surface area contributed by atoms with Crippen molar-refractivity contribution in [2.45, 2.75) is 13.8 Å². The molecule has 2 rings (SSSR count). The minimum absolute atomic E-state index is 0.604. The fourth-order valence-electron chi connectivity index (χ4n) is 1.28. The minimum atomic E-state index is -3.92. The van der Waals surface area contributed by atoms with E-state index in [1.807, 2.05) is 36.4 Å². The lowest BCUT2D eigenvalue weighted by Crippen LogP contribution is -1.88. The predicted molar refractivity (Wildman–Crippen MR) is 127 cm³/mol. The second-order valence-electron chi connectivity index (χ2n) is 5.51. The summed E-state index contributed by atoms with van der Waals surface area (Å²) in [6, 6.07) is 24.7. The normalized spacial score (nSPS) is 9.53. The minimum Gasteiger partial charge on any atom is -0.748 e. The quantitative estimate of drug-likeness (QED) is 0.403. The van der Waals surface area contributed by atoms with Crippen LogP contribution in [0.1, 0.15) is 9.75 Å². The van der Waals surface area contributed by atoms with Crippen molar-refractivity contribution in [1.29, 1.82) is 0 Å². The Hall–Kier alpha value is -1.82. The molecule has 0 spiro atoms. The molecule has 0 atom stereocenters.